The Morgan fingerprint density at radius 3 is 1.12 bits per heavy atom. The van der Waals surface area contributed by atoms with Crippen molar-refractivity contribution in [3.8, 4) is 0 Å². The summed E-state index contributed by atoms with van der Waals surface area (Å²) in [4.78, 5) is 134. The topological polar surface area (TPSA) is 312 Å². The minimum atomic E-state index is -2.82. The zero-order valence-electron chi connectivity index (χ0n) is 56.2. The van der Waals surface area contributed by atoms with Gasteiger partial charge in [0.15, 0.2) is 0 Å². The lowest BCUT2D eigenvalue weighted by Gasteiger charge is -2.39. The Hall–Kier alpha value is -5.69. The Balaban J connectivity index is 1.12. The summed E-state index contributed by atoms with van der Waals surface area (Å²) in [5.74, 6) is 0.124. The van der Waals surface area contributed by atoms with Crippen LogP contribution in [0, 0.1) is 0 Å². The number of rotatable bonds is 54. The predicted molar refractivity (Wildman–Crippen MR) is 350 cm³/mol. The number of alkyl carbamates (subject to hydrolysis) is 2. The maximum atomic E-state index is 13.1. The number of nitrogens with zero attached hydrogens (tertiary/aromatic N) is 6. The maximum absolute atomic E-state index is 13.1. The maximum Gasteiger partial charge on any atom is 0.500 e. The lowest BCUT2D eigenvalue weighted by molar-refractivity contribution is -0.144. The number of carbonyl (C=O) groups is 10. The molecule has 0 aromatic carbocycles. The molecule has 528 valence electrons. The second-order valence-corrected chi connectivity index (χ2v) is 27.5. The molecule has 14 amide bonds. The molecule has 2 heterocycles. The van der Waals surface area contributed by atoms with Gasteiger partial charge in [0, 0.05) is 112 Å². The van der Waals surface area contributed by atoms with E-state index in [1.54, 1.807) is 38.2 Å². The van der Waals surface area contributed by atoms with Crippen LogP contribution >= 0.6 is 0 Å². The molecule has 28 nitrogen and oxygen atoms in total. The van der Waals surface area contributed by atoms with E-state index in [1.807, 2.05) is 13.8 Å². The Bertz CT molecular complexity index is 2150. The summed E-state index contributed by atoms with van der Waals surface area (Å²) in [6.45, 7) is 9.36. The molecule has 3 rings (SSSR count). The molecule has 3 fully saturated rings. The molecule has 0 aromatic rings. The second-order valence-electron chi connectivity index (χ2n) is 23.3. The van der Waals surface area contributed by atoms with E-state index in [0.717, 1.165) is 114 Å². The molecule has 0 bridgehead atoms. The first-order chi connectivity index (χ1) is 44.6. The van der Waals surface area contributed by atoms with Gasteiger partial charge in [-0.25, -0.2) is 58.0 Å². The smallest absolute Gasteiger partial charge is 0.466 e. The van der Waals surface area contributed by atoms with Crippen molar-refractivity contribution < 1.29 is 84.4 Å². The molecular weight excluding hydrogens is 1230 g/mol. The van der Waals surface area contributed by atoms with Gasteiger partial charge in [-0.1, -0.05) is 78.1 Å². The molecule has 1 saturated carbocycles. The highest BCUT2D eigenvalue weighted by Crippen LogP contribution is 2.25. The second kappa shape index (κ2) is 48.9. The van der Waals surface area contributed by atoms with Crippen LogP contribution in [0.25, 0.3) is 0 Å². The van der Waals surface area contributed by atoms with Crippen LogP contribution < -0.4 is 21.3 Å². The highest BCUT2D eigenvalue weighted by molar-refractivity contribution is 7.73. The molecule has 3 aliphatic rings. The zero-order chi connectivity index (χ0) is 67.2. The summed E-state index contributed by atoms with van der Waals surface area (Å²) >= 11 is 0.841. The summed E-state index contributed by atoms with van der Waals surface area (Å²) in [5, 5.41) is 11.5. The number of nitrogens with one attached hydrogen (secondary N) is 4. The average molecular weight is 1350 g/mol. The number of esters is 2. The van der Waals surface area contributed by atoms with Crippen molar-refractivity contribution in [3.63, 3.8) is 0 Å². The third kappa shape index (κ3) is 32.4. The SMILES string of the molecule is CCCCOC(=O)CCN(CCC[SH+]OC)C(=O)NCCCCCCN1C(=O)N(CCCCCCNC(=O)OC2CCC(OC(=O)NCCCCCCN3C(=O)N(CCCCCCNC(=O)N(CCC[Si](OC)(OC)OC)CCC(=O)OCCCC)C3=O)CC2)C1=O. The first-order valence-corrected chi connectivity index (χ1v) is 36.9. The highest BCUT2D eigenvalue weighted by atomic mass is 32.2. The van der Waals surface area contributed by atoms with Crippen molar-refractivity contribution in [2.45, 2.75) is 212 Å². The number of amides is 14. The van der Waals surface area contributed by atoms with E-state index in [0.29, 0.717) is 155 Å². The Labute approximate surface area is 551 Å². The molecule has 92 heavy (non-hydrogen) atoms. The van der Waals surface area contributed by atoms with Crippen LogP contribution in [0.1, 0.15) is 194 Å². The van der Waals surface area contributed by atoms with Crippen LogP contribution in [0.15, 0.2) is 0 Å². The Kier molecular flexibility index (Phi) is 42.8. The standard InChI is InChI=1S/C62H112N10O18SSi/c1-7-9-47-87-53(73)33-45-67(39-27-49-91-83-3)55(75)63-35-19-11-15-23-41-69-59(79)71(60(69)80)43-25-17-13-21-37-65-57(77)89-51-29-31-52(32-30-51)90-58(78)66-38-22-14-18-26-44-72-61(81)70(62(72)82)42-24-16-12-20-36-64-56(76)68(46-34-54(74)88-48-10-8-2)40-28-50-92(84-4,85-5)86-6/h51-52H,7-50H2,1-6H3,(H,63,75)(H,64,76)(H,65,77)(H,66,78)/p+1. The van der Waals surface area contributed by atoms with Crippen molar-refractivity contribution >= 4 is 81.2 Å². The van der Waals surface area contributed by atoms with Gasteiger partial charge in [-0.2, -0.15) is 4.18 Å². The van der Waals surface area contributed by atoms with Crippen molar-refractivity contribution in [3.05, 3.63) is 0 Å². The quantitative estimate of drug-likeness (QED) is 0.0110. The fourth-order valence-electron chi connectivity index (χ4n) is 10.6. The third-order valence-corrected chi connectivity index (χ3v) is 19.8. The molecule has 0 radical (unpaired) electrons. The molecule has 1 aliphatic carbocycles. The summed E-state index contributed by atoms with van der Waals surface area (Å²) < 4.78 is 43.3. The van der Waals surface area contributed by atoms with Gasteiger partial charge in [0.25, 0.3) is 0 Å². The van der Waals surface area contributed by atoms with E-state index >= 15 is 0 Å². The largest absolute Gasteiger partial charge is 0.500 e. The fourth-order valence-corrected chi connectivity index (χ4v) is 12.7. The number of hydrogen-bond acceptors (Lipinski definition) is 18. The van der Waals surface area contributed by atoms with Gasteiger partial charge in [0.1, 0.15) is 30.0 Å². The van der Waals surface area contributed by atoms with Crippen LogP contribution in [0.3, 0.4) is 0 Å². The number of ether oxygens (including phenoxy) is 4. The summed E-state index contributed by atoms with van der Waals surface area (Å²) in [6.07, 6.45) is 17.7. The third-order valence-electron chi connectivity index (χ3n) is 16.3. The van der Waals surface area contributed by atoms with Crippen molar-refractivity contribution in [1.82, 2.24) is 50.7 Å². The molecule has 0 unspecified atom stereocenters. The van der Waals surface area contributed by atoms with Gasteiger partial charge in [0.05, 0.1) is 33.2 Å². The van der Waals surface area contributed by atoms with Crippen LogP contribution in [0.2, 0.25) is 6.04 Å². The molecule has 30 heteroatoms. The van der Waals surface area contributed by atoms with Gasteiger partial charge in [-0.15, -0.1) is 0 Å². The zero-order valence-corrected chi connectivity index (χ0v) is 58.1. The predicted octanol–water partition coefficient (Wildman–Crippen LogP) is 9.23. The van der Waals surface area contributed by atoms with Crippen LogP contribution in [-0.4, -0.2) is 237 Å². The molecule has 0 aromatic heterocycles. The van der Waals surface area contributed by atoms with Crippen LogP contribution in [0.4, 0.5) is 38.4 Å². The van der Waals surface area contributed by atoms with Crippen molar-refractivity contribution in [2.75, 3.05) is 126 Å². The van der Waals surface area contributed by atoms with Gasteiger partial charge in [0.2, 0.25) is 0 Å². The van der Waals surface area contributed by atoms with Gasteiger partial charge < -0.3 is 63.3 Å². The van der Waals surface area contributed by atoms with E-state index in [2.05, 4.69) is 21.3 Å². The van der Waals surface area contributed by atoms with E-state index in [-0.39, 0.29) is 86.3 Å². The van der Waals surface area contributed by atoms with Crippen LogP contribution in [-0.2, 0) is 58.0 Å². The molecule has 0 atom stereocenters. The van der Waals surface area contributed by atoms with Gasteiger partial charge in [-0.3, -0.25) is 9.59 Å². The normalized spacial score (nSPS) is 15.6. The average Bonchev–Trinajstić information content (AvgIpc) is 0.812. The van der Waals surface area contributed by atoms with Crippen LogP contribution in [0.5, 0.6) is 0 Å². The van der Waals surface area contributed by atoms with E-state index in [9.17, 15) is 47.9 Å². The highest BCUT2D eigenvalue weighted by Gasteiger charge is 2.43. The van der Waals surface area contributed by atoms with E-state index < -0.39 is 21.0 Å². The van der Waals surface area contributed by atoms with Gasteiger partial charge >= 0.3 is 69.1 Å². The Morgan fingerprint density at radius 1 is 0.446 bits per heavy atom. The lowest BCUT2D eigenvalue weighted by Crippen LogP contribution is -2.64. The van der Waals surface area contributed by atoms with Gasteiger partial charge in [-0.05, 0) is 96.3 Å². The molecule has 0 spiro atoms. The molecule has 2 saturated heterocycles. The molecule has 2 aliphatic heterocycles. The molecular formula is C62H113N10O18SSi+. The number of carbonyl (C=O) groups excluding carboxylic acids is 10. The minimum Gasteiger partial charge on any atom is -0.466 e. The lowest BCUT2D eigenvalue weighted by atomic mass is 9.95. The first-order valence-electron chi connectivity index (χ1n) is 33.9. The number of hydrogen-bond donors (Lipinski definition) is 4. The minimum absolute atomic E-state index is 0.0874. The monoisotopic (exact) mass is 1350 g/mol. The van der Waals surface area contributed by atoms with Crippen molar-refractivity contribution in [2.24, 2.45) is 0 Å². The van der Waals surface area contributed by atoms with E-state index in [4.69, 9.17) is 36.4 Å². The Morgan fingerprint density at radius 2 is 0.783 bits per heavy atom. The number of unbranched alkanes of at least 4 members (excludes halogenated alkanes) is 14. The molecule has 4 N–H and O–H groups in total. The fraction of sp³-hybridized carbons (Fsp3) is 0.839. The summed E-state index contributed by atoms with van der Waals surface area (Å²) in [7, 11) is 3.42. The number of thiol groups is 1. The van der Waals surface area contributed by atoms with Crippen molar-refractivity contribution in [1.29, 1.82) is 0 Å². The number of imide groups is 4. The van der Waals surface area contributed by atoms with E-state index in [1.165, 1.54) is 19.6 Å². The summed E-state index contributed by atoms with van der Waals surface area (Å²) in [6, 6.07) is -1.12. The first kappa shape index (κ1) is 80.5. The summed E-state index contributed by atoms with van der Waals surface area (Å²) in [5.41, 5.74) is 0. The number of urea groups is 6.